The third kappa shape index (κ3) is 11.2. The normalized spacial score (nSPS) is 11.3. The first-order valence-corrected chi connectivity index (χ1v) is 16.5. The van der Waals surface area contributed by atoms with E-state index in [1.807, 2.05) is 0 Å². The fourth-order valence-corrected chi connectivity index (χ4v) is 5.12. The third-order valence-electron chi connectivity index (χ3n) is 7.82. The second-order valence-electron chi connectivity index (χ2n) is 11.6. The van der Waals surface area contributed by atoms with Crippen LogP contribution in [0.5, 0.6) is 17.2 Å². The van der Waals surface area contributed by atoms with Crippen LogP contribution in [-0.2, 0) is 22.4 Å². The van der Waals surface area contributed by atoms with Gasteiger partial charge in [0.1, 0.15) is 17.5 Å². The Morgan fingerprint density at radius 2 is 1.46 bits per heavy atom. The van der Waals surface area contributed by atoms with Crippen molar-refractivity contribution in [1.82, 2.24) is 5.32 Å². The minimum absolute atomic E-state index is 0.00611. The van der Waals surface area contributed by atoms with Crippen LogP contribution in [-0.4, -0.2) is 48.6 Å². The molecule has 3 N–H and O–H groups in total. The maximum atomic E-state index is 13.9. The van der Waals surface area contributed by atoms with Crippen molar-refractivity contribution in [3.8, 4) is 17.2 Å². The molecule has 1 atom stereocenters. The van der Waals surface area contributed by atoms with Crippen molar-refractivity contribution in [2.75, 3.05) is 19.0 Å². The number of rotatable bonds is 18. The summed E-state index contributed by atoms with van der Waals surface area (Å²) in [7, 11) is 1.32. The molecule has 0 aromatic heterocycles. The average molecular weight is 685 g/mol. The van der Waals surface area contributed by atoms with Crippen molar-refractivity contribution >= 4 is 29.4 Å². The van der Waals surface area contributed by atoms with Gasteiger partial charge in [0, 0.05) is 23.2 Å². The molecular formula is C39H41FN2O8. The Hall–Kier alpha value is -5.71. The molecule has 1 unspecified atom stereocenters. The number of para-hydroxylation sites is 1. The van der Waals surface area contributed by atoms with Gasteiger partial charge < -0.3 is 30.0 Å². The molecular weight excluding hydrogens is 643 g/mol. The predicted octanol–water partition coefficient (Wildman–Crippen LogP) is 7.01. The summed E-state index contributed by atoms with van der Waals surface area (Å²) in [5.41, 5.74) is 1.92. The Labute approximate surface area is 290 Å². The smallest absolute Gasteiger partial charge is 0.343 e. The zero-order valence-corrected chi connectivity index (χ0v) is 28.1. The molecule has 0 aliphatic carbocycles. The van der Waals surface area contributed by atoms with Crippen molar-refractivity contribution in [2.45, 2.75) is 57.9 Å². The van der Waals surface area contributed by atoms with E-state index in [0.29, 0.717) is 34.7 Å². The zero-order chi connectivity index (χ0) is 35.9. The van der Waals surface area contributed by atoms with Crippen molar-refractivity contribution in [1.29, 1.82) is 0 Å². The predicted molar refractivity (Wildman–Crippen MR) is 186 cm³/mol. The molecule has 4 rings (SSSR count). The van der Waals surface area contributed by atoms with E-state index in [2.05, 4.69) is 17.6 Å². The summed E-state index contributed by atoms with van der Waals surface area (Å²) >= 11 is 0. The van der Waals surface area contributed by atoms with Gasteiger partial charge in [-0.2, -0.15) is 0 Å². The van der Waals surface area contributed by atoms with Gasteiger partial charge in [-0.1, -0.05) is 56.9 Å². The highest BCUT2D eigenvalue weighted by Gasteiger charge is 2.22. The number of esters is 1. The topological polar surface area (TPSA) is 140 Å². The van der Waals surface area contributed by atoms with E-state index >= 15 is 0 Å². The van der Waals surface area contributed by atoms with E-state index in [0.717, 1.165) is 12.8 Å². The lowest BCUT2D eigenvalue weighted by atomic mass is 10.0. The molecule has 0 bridgehead atoms. The highest BCUT2D eigenvalue weighted by molar-refractivity contribution is 5.98. The first kappa shape index (κ1) is 37.1. The van der Waals surface area contributed by atoms with Crippen molar-refractivity contribution < 1.29 is 42.9 Å². The molecule has 0 spiro atoms. The summed E-state index contributed by atoms with van der Waals surface area (Å²) in [5.74, 6) is -2.42. The molecule has 0 radical (unpaired) electrons. The molecule has 0 aliphatic heterocycles. The number of aliphatic carboxylic acids is 1. The van der Waals surface area contributed by atoms with E-state index in [9.17, 15) is 28.7 Å². The number of carbonyl (C=O) groups is 4. The largest absolute Gasteiger partial charge is 0.494 e. The number of nitrogens with one attached hydrogen (secondary N) is 2. The maximum Gasteiger partial charge on any atom is 0.343 e. The van der Waals surface area contributed by atoms with E-state index in [1.165, 1.54) is 62.8 Å². The second-order valence-corrected chi connectivity index (χ2v) is 11.6. The van der Waals surface area contributed by atoms with Crippen LogP contribution in [0.4, 0.5) is 10.1 Å². The fraction of sp³-hybridized carbons (Fsp3) is 0.282. The van der Waals surface area contributed by atoms with Gasteiger partial charge in [-0.25, -0.2) is 14.0 Å². The van der Waals surface area contributed by atoms with Gasteiger partial charge in [0.15, 0.2) is 11.6 Å². The van der Waals surface area contributed by atoms with Crippen LogP contribution in [0.2, 0.25) is 0 Å². The van der Waals surface area contributed by atoms with E-state index in [4.69, 9.17) is 14.2 Å². The Kier molecular flexibility index (Phi) is 13.9. The highest BCUT2D eigenvalue weighted by Crippen LogP contribution is 2.23. The van der Waals surface area contributed by atoms with Crippen LogP contribution in [0.15, 0.2) is 91.0 Å². The minimum atomic E-state index is -1.24. The SMILES string of the molecule is CCCCCCCOc1ccc(C(=O)Oc2ccc(CC(NC(=O)c3ccc(NC(=O)Cc4cccc(F)c4OC)cc3)C(=O)O)cc2)cc1. The van der Waals surface area contributed by atoms with Gasteiger partial charge in [-0.3, -0.25) is 9.59 Å². The van der Waals surface area contributed by atoms with Gasteiger partial charge >= 0.3 is 11.9 Å². The monoisotopic (exact) mass is 684 g/mol. The number of halogens is 1. The van der Waals surface area contributed by atoms with Gasteiger partial charge in [-0.05, 0) is 78.7 Å². The molecule has 10 nitrogen and oxygen atoms in total. The molecule has 0 heterocycles. The fourth-order valence-electron chi connectivity index (χ4n) is 5.12. The van der Waals surface area contributed by atoms with Gasteiger partial charge in [-0.15, -0.1) is 0 Å². The first-order valence-electron chi connectivity index (χ1n) is 16.5. The molecule has 0 saturated heterocycles. The third-order valence-corrected chi connectivity index (χ3v) is 7.82. The van der Waals surface area contributed by atoms with Gasteiger partial charge in [0.05, 0.1) is 25.7 Å². The average Bonchev–Trinajstić information content (AvgIpc) is 3.11. The zero-order valence-electron chi connectivity index (χ0n) is 28.1. The standard InChI is InChI=1S/C39H41FN2O8/c1-3-4-5-6-7-23-49-31-21-15-28(16-22-31)39(47)50-32-19-11-26(12-20-32)24-34(38(45)46)42-37(44)27-13-17-30(18-14-27)41-35(43)25-29-9-8-10-33(40)36(29)48-2/h8-22,34H,3-7,23-25H2,1-2H3,(H,41,43)(H,42,44)(H,45,46). The van der Waals surface area contributed by atoms with Crippen molar-refractivity contribution in [2.24, 2.45) is 0 Å². The summed E-state index contributed by atoms with van der Waals surface area (Å²) in [4.78, 5) is 50.0. The molecule has 0 saturated carbocycles. The number of ether oxygens (including phenoxy) is 3. The lowest BCUT2D eigenvalue weighted by molar-refractivity contribution is -0.139. The summed E-state index contributed by atoms with van der Waals surface area (Å²) in [6, 6.07) is 22.1. The lowest BCUT2D eigenvalue weighted by Gasteiger charge is -2.15. The minimum Gasteiger partial charge on any atom is -0.494 e. The quantitative estimate of drug-likeness (QED) is 0.0578. The maximum absolute atomic E-state index is 13.9. The Balaban J connectivity index is 1.25. The number of unbranched alkanes of at least 4 members (excludes halogenated alkanes) is 4. The summed E-state index contributed by atoms with van der Waals surface area (Å²) < 4.78 is 30.2. The Bertz CT molecular complexity index is 1740. The van der Waals surface area contributed by atoms with Crippen LogP contribution in [0.3, 0.4) is 0 Å². The molecule has 2 amide bonds. The van der Waals surface area contributed by atoms with Gasteiger partial charge in [0.25, 0.3) is 5.91 Å². The summed E-state index contributed by atoms with van der Waals surface area (Å²) in [6.45, 7) is 2.80. The molecule has 11 heteroatoms. The number of anilines is 1. The molecule has 262 valence electrons. The molecule has 50 heavy (non-hydrogen) atoms. The van der Waals surface area contributed by atoms with Crippen molar-refractivity contribution in [3.63, 3.8) is 0 Å². The first-order chi connectivity index (χ1) is 24.2. The highest BCUT2D eigenvalue weighted by atomic mass is 19.1. The number of hydrogen-bond donors (Lipinski definition) is 3. The van der Waals surface area contributed by atoms with Crippen molar-refractivity contribution in [3.05, 3.63) is 119 Å². The Morgan fingerprint density at radius 1 is 0.800 bits per heavy atom. The van der Waals surface area contributed by atoms with Crippen LogP contribution >= 0.6 is 0 Å². The Morgan fingerprint density at radius 3 is 2.12 bits per heavy atom. The molecule has 4 aromatic carbocycles. The van der Waals surface area contributed by atoms with Gasteiger partial charge in [0.2, 0.25) is 5.91 Å². The molecule has 0 aliphatic rings. The van der Waals surface area contributed by atoms with Crippen LogP contribution < -0.4 is 24.8 Å². The number of carboxylic acid groups (broad SMARTS) is 1. The molecule has 0 fully saturated rings. The lowest BCUT2D eigenvalue weighted by Crippen LogP contribution is -2.42. The number of amides is 2. The van der Waals surface area contributed by atoms with Crippen LogP contribution in [0.25, 0.3) is 0 Å². The van der Waals surface area contributed by atoms with E-state index < -0.39 is 35.6 Å². The second kappa shape index (κ2) is 18.7. The number of carbonyl (C=O) groups excluding carboxylic acids is 3. The van der Waals surface area contributed by atoms with Crippen LogP contribution in [0.1, 0.15) is 70.9 Å². The molecule has 4 aromatic rings. The number of methoxy groups -OCH3 is 1. The van der Waals surface area contributed by atoms with E-state index in [1.54, 1.807) is 54.6 Å². The number of hydrogen-bond acceptors (Lipinski definition) is 7. The van der Waals surface area contributed by atoms with Crippen LogP contribution in [0, 0.1) is 5.82 Å². The number of benzene rings is 4. The summed E-state index contributed by atoms with van der Waals surface area (Å²) in [5, 5.41) is 15.0. The summed E-state index contributed by atoms with van der Waals surface area (Å²) in [6.07, 6.45) is 5.57. The van der Waals surface area contributed by atoms with E-state index in [-0.39, 0.29) is 29.9 Å². The number of carboxylic acids is 1.